The molecule has 1 heterocycles. The van der Waals surface area contributed by atoms with Crippen LogP contribution in [0.1, 0.15) is 23.6 Å². The van der Waals surface area contributed by atoms with Crippen molar-refractivity contribution in [3.63, 3.8) is 0 Å². The van der Waals surface area contributed by atoms with Gasteiger partial charge in [-0.05, 0) is 43.7 Å². The maximum atomic E-state index is 12.5. The molecule has 0 unspecified atom stereocenters. The van der Waals surface area contributed by atoms with Crippen LogP contribution in [0.2, 0.25) is 10.0 Å². The number of aryl methyl sites for hydroxylation is 1. The van der Waals surface area contributed by atoms with Gasteiger partial charge in [0.25, 0.3) is 5.91 Å². The van der Waals surface area contributed by atoms with Crippen LogP contribution < -0.4 is 5.43 Å². The molecule has 168 valence electrons. The third-order valence-corrected chi connectivity index (χ3v) is 6.61. The predicted octanol–water partition coefficient (Wildman–Crippen LogP) is 6.33. The number of para-hydroxylation sites is 2. The number of nitrogens with zero attached hydrogens (tertiary/aromatic N) is 3. The number of carbonyl (C=O) groups excluding carboxylic acids is 1. The van der Waals surface area contributed by atoms with Crippen molar-refractivity contribution in [2.45, 2.75) is 25.5 Å². The van der Waals surface area contributed by atoms with Crippen molar-refractivity contribution in [1.82, 2.24) is 15.0 Å². The van der Waals surface area contributed by atoms with Crippen LogP contribution in [0.25, 0.3) is 11.0 Å². The van der Waals surface area contributed by atoms with E-state index in [1.54, 1.807) is 25.1 Å². The lowest BCUT2D eigenvalue weighted by atomic mass is 10.1. The fourth-order valence-electron chi connectivity index (χ4n) is 3.34. The van der Waals surface area contributed by atoms with Gasteiger partial charge >= 0.3 is 0 Å². The van der Waals surface area contributed by atoms with Crippen LogP contribution in [0.3, 0.4) is 0 Å². The quantitative estimate of drug-likeness (QED) is 0.184. The summed E-state index contributed by atoms with van der Waals surface area (Å²) in [4.78, 5) is 17.2. The van der Waals surface area contributed by atoms with E-state index in [2.05, 4.69) is 46.3 Å². The molecule has 0 aliphatic carbocycles. The smallest absolute Gasteiger partial charge is 0.250 e. The number of aromatic nitrogens is 2. The van der Waals surface area contributed by atoms with Crippen LogP contribution in [0.5, 0.6) is 0 Å². The molecule has 0 saturated carbocycles. The van der Waals surface area contributed by atoms with E-state index < -0.39 is 0 Å². The second-order valence-electron chi connectivity index (χ2n) is 7.60. The van der Waals surface area contributed by atoms with E-state index >= 15 is 0 Å². The van der Waals surface area contributed by atoms with E-state index in [1.165, 1.54) is 22.9 Å². The van der Waals surface area contributed by atoms with Crippen LogP contribution in [0, 0.1) is 6.92 Å². The molecular formula is C25H22Cl2N4OS. The summed E-state index contributed by atoms with van der Waals surface area (Å²) in [5.41, 5.74) is 8.25. The molecule has 0 radical (unpaired) electrons. The highest BCUT2D eigenvalue weighted by Gasteiger charge is 2.14. The first kappa shape index (κ1) is 23.4. The Balaban J connectivity index is 1.47. The number of carbonyl (C=O) groups is 1. The van der Waals surface area contributed by atoms with Crippen LogP contribution in [-0.2, 0) is 11.3 Å². The Labute approximate surface area is 206 Å². The first-order valence-corrected chi connectivity index (χ1v) is 12.1. The van der Waals surface area contributed by atoms with E-state index in [4.69, 9.17) is 28.2 Å². The maximum Gasteiger partial charge on any atom is 0.250 e. The molecule has 0 bridgehead atoms. The average molecular weight is 497 g/mol. The number of hydrazone groups is 1. The highest BCUT2D eigenvalue weighted by atomic mass is 35.5. The molecule has 33 heavy (non-hydrogen) atoms. The van der Waals surface area contributed by atoms with Gasteiger partial charge in [0.2, 0.25) is 0 Å². The molecule has 0 spiro atoms. The molecule has 0 aliphatic heterocycles. The summed E-state index contributed by atoms with van der Waals surface area (Å²) < 4.78 is 2.14. The molecule has 1 amide bonds. The molecule has 5 nitrogen and oxygen atoms in total. The molecule has 1 N–H and O–H groups in total. The monoisotopic (exact) mass is 496 g/mol. The number of imidazole rings is 1. The van der Waals surface area contributed by atoms with Gasteiger partial charge in [-0.15, -0.1) is 0 Å². The van der Waals surface area contributed by atoms with Crippen LogP contribution in [0.15, 0.2) is 77.0 Å². The first-order valence-electron chi connectivity index (χ1n) is 10.3. The summed E-state index contributed by atoms with van der Waals surface area (Å²) in [5, 5.41) is 6.00. The number of benzene rings is 3. The zero-order valence-electron chi connectivity index (χ0n) is 18.2. The highest BCUT2D eigenvalue weighted by Crippen LogP contribution is 2.25. The number of hydrogen-bond acceptors (Lipinski definition) is 4. The summed E-state index contributed by atoms with van der Waals surface area (Å²) in [6.07, 6.45) is 0. The van der Waals surface area contributed by atoms with Crippen LogP contribution in [0.4, 0.5) is 0 Å². The Morgan fingerprint density at radius 2 is 1.85 bits per heavy atom. The summed E-state index contributed by atoms with van der Waals surface area (Å²) >= 11 is 13.5. The number of thioether (sulfide) groups is 1. The Morgan fingerprint density at radius 3 is 2.61 bits per heavy atom. The highest BCUT2D eigenvalue weighted by molar-refractivity contribution is 7.99. The van der Waals surface area contributed by atoms with Crippen LogP contribution in [-0.4, -0.2) is 26.9 Å². The summed E-state index contributed by atoms with van der Waals surface area (Å²) in [7, 11) is 0. The van der Waals surface area contributed by atoms with Crippen molar-refractivity contribution < 1.29 is 4.79 Å². The molecule has 4 rings (SSSR count). The first-order chi connectivity index (χ1) is 15.9. The molecule has 0 saturated heterocycles. The minimum Gasteiger partial charge on any atom is -0.314 e. The van der Waals surface area contributed by atoms with Crippen molar-refractivity contribution in [1.29, 1.82) is 0 Å². The molecule has 3 aromatic carbocycles. The van der Waals surface area contributed by atoms with E-state index in [-0.39, 0.29) is 11.7 Å². The third kappa shape index (κ3) is 5.77. The number of rotatable bonds is 7. The van der Waals surface area contributed by atoms with Gasteiger partial charge < -0.3 is 4.57 Å². The van der Waals surface area contributed by atoms with E-state index in [9.17, 15) is 4.79 Å². The van der Waals surface area contributed by atoms with E-state index in [1.807, 2.05) is 24.3 Å². The summed E-state index contributed by atoms with van der Waals surface area (Å²) in [5.74, 6) is -0.0408. The number of hydrogen-bond donors (Lipinski definition) is 1. The second-order valence-corrected chi connectivity index (χ2v) is 9.39. The van der Waals surface area contributed by atoms with Crippen molar-refractivity contribution in [2.24, 2.45) is 5.10 Å². The van der Waals surface area contributed by atoms with Gasteiger partial charge in [0.05, 0.1) is 34.1 Å². The number of halogens is 2. The topological polar surface area (TPSA) is 59.3 Å². The van der Waals surface area contributed by atoms with E-state index in [0.717, 1.165) is 16.2 Å². The Bertz CT molecular complexity index is 1330. The zero-order chi connectivity index (χ0) is 23.4. The van der Waals surface area contributed by atoms with Gasteiger partial charge in [0.15, 0.2) is 5.16 Å². The number of fused-ring (bicyclic) bond motifs is 1. The van der Waals surface area contributed by atoms with Gasteiger partial charge in [-0.25, -0.2) is 10.4 Å². The van der Waals surface area contributed by atoms with Gasteiger partial charge in [0.1, 0.15) is 0 Å². The lowest BCUT2D eigenvalue weighted by Gasteiger charge is -2.09. The normalized spacial score (nSPS) is 11.7. The minimum atomic E-state index is -0.224. The lowest BCUT2D eigenvalue weighted by Crippen LogP contribution is -2.21. The van der Waals surface area contributed by atoms with Crippen molar-refractivity contribution in [3.05, 3.63) is 93.5 Å². The second kappa shape index (κ2) is 10.4. The third-order valence-electron chi connectivity index (χ3n) is 5.08. The molecule has 0 fully saturated rings. The molecule has 0 atom stereocenters. The standard InChI is InChI=1S/C25H22Cl2N4OS/c1-16-7-9-18(10-8-16)14-31-23-6-4-3-5-22(23)28-25(31)33-15-24(32)30-29-17(2)20-12-11-19(26)13-21(20)27/h3-13H,14-15H2,1-2H3,(H,30,32)/b29-17+. The largest absolute Gasteiger partial charge is 0.314 e. The molecule has 8 heteroatoms. The molecule has 0 aliphatic rings. The van der Waals surface area contributed by atoms with Gasteiger partial charge in [-0.1, -0.05) is 83.0 Å². The summed E-state index contributed by atoms with van der Waals surface area (Å²) in [6, 6.07) is 21.6. The van der Waals surface area contributed by atoms with Gasteiger partial charge in [-0.3, -0.25) is 4.79 Å². The maximum absolute atomic E-state index is 12.5. The summed E-state index contributed by atoms with van der Waals surface area (Å²) in [6.45, 7) is 4.53. The Hall–Kier alpha value is -2.80. The SMILES string of the molecule is C/C(=N\NC(=O)CSc1nc2ccccc2n1Cc1ccc(C)cc1)c1ccc(Cl)cc1Cl. The average Bonchev–Trinajstić information content (AvgIpc) is 3.15. The fourth-order valence-corrected chi connectivity index (χ4v) is 4.70. The molecular weight excluding hydrogens is 475 g/mol. The van der Waals surface area contributed by atoms with Gasteiger partial charge in [0, 0.05) is 10.6 Å². The lowest BCUT2D eigenvalue weighted by molar-refractivity contribution is -0.118. The van der Waals surface area contributed by atoms with Crippen molar-refractivity contribution in [2.75, 3.05) is 5.75 Å². The minimum absolute atomic E-state index is 0.183. The predicted molar refractivity (Wildman–Crippen MR) is 138 cm³/mol. The fraction of sp³-hybridized carbons (Fsp3) is 0.160. The number of amides is 1. The number of nitrogens with one attached hydrogen (secondary N) is 1. The van der Waals surface area contributed by atoms with Crippen molar-refractivity contribution >= 4 is 57.6 Å². The zero-order valence-corrected chi connectivity index (χ0v) is 20.5. The van der Waals surface area contributed by atoms with Crippen molar-refractivity contribution in [3.8, 4) is 0 Å². The van der Waals surface area contributed by atoms with Gasteiger partial charge in [-0.2, -0.15) is 5.10 Å². The Morgan fingerprint density at radius 1 is 1.09 bits per heavy atom. The Kier molecular flexibility index (Phi) is 7.38. The van der Waals surface area contributed by atoms with Crippen LogP contribution >= 0.6 is 35.0 Å². The molecule has 4 aromatic rings. The van der Waals surface area contributed by atoms with E-state index in [0.29, 0.717) is 27.9 Å². The molecule has 1 aromatic heterocycles.